The van der Waals surface area contributed by atoms with Crippen molar-refractivity contribution in [2.45, 2.75) is 23.8 Å². The van der Waals surface area contributed by atoms with E-state index in [2.05, 4.69) is 10.0 Å². The summed E-state index contributed by atoms with van der Waals surface area (Å²) in [5.41, 5.74) is 0. The monoisotopic (exact) mass is 312 g/mol. The van der Waals surface area contributed by atoms with Gasteiger partial charge in [-0.2, -0.15) is 0 Å². The number of carbonyl (C=O) groups is 1. The lowest BCUT2D eigenvalue weighted by atomic mass is 10.2. The van der Waals surface area contributed by atoms with Crippen LogP contribution in [0, 0.1) is 0 Å². The van der Waals surface area contributed by atoms with Gasteiger partial charge in [-0.25, -0.2) is 13.1 Å². The first-order valence-electron chi connectivity index (χ1n) is 6.73. The van der Waals surface area contributed by atoms with Crippen LogP contribution in [0.1, 0.15) is 12.8 Å². The summed E-state index contributed by atoms with van der Waals surface area (Å²) < 4.78 is 37.7. The maximum Gasteiger partial charge on any atom is 0.240 e. The average Bonchev–Trinajstić information content (AvgIpc) is 2.90. The van der Waals surface area contributed by atoms with E-state index in [0.29, 0.717) is 37.6 Å². The predicted octanol–water partition coefficient (Wildman–Crippen LogP) is 0.0147. The molecule has 1 fully saturated rings. The molecule has 1 saturated heterocycles. The van der Waals surface area contributed by atoms with Crippen molar-refractivity contribution in [3.63, 3.8) is 0 Å². The number of amides is 1. The Bertz CT molecular complexity index is 659. The van der Waals surface area contributed by atoms with Crippen molar-refractivity contribution in [3.8, 4) is 11.5 Å². The fourth-order valence-electron chi connectivity index (χ4n) is 2.31. The van der Waals surface area contributed by atoms with Crippen molar-refractivity contribution in [3.05, 3.63) is 18.2 Å². The zero-order chi connectivity index (χ0) is 14.9. The molecule has 0 aromatic heterocycles. The zero-order valence-corrected chi connectivity index (χ0v) is 12.1. The van der Waals surface area contributed by atoms with Crippen LogP contribution in [0.2, 0.25) is 0 Å². The van der Waals surface area contributed by atoms with Gasteiger partial charge in [0.05, 0.1) is 4.90 Å². The predicted molar refractivity (Wildman–Crippen MR) is 73.8 cm³/mol. The highest BCUT2D eigenvalue weighted by molar-refractivity contribution is 7.89. The third kappa shape index (κ3) is 3.11. The van der Waals surface area contributed by atoms with Crippen LogP contribution in [0.4, 0.5) is 0 Å². The maximum atomic E-state index is 12.2. The molecule has 0 bridgehead atoms. The Morgan fingerprint density at radius 1 is 1.24 bits per heavy atom. The van der Waals surface area contributed by atoms with Gasteiger partial charge in [0.15, 0.2) is 11.5 Å². The van der Waals surface area contributed by atoms with Crippen LogP contribution in [-0.2, 0) is 14.8 Å². The normalized spacial score (nSPS) is 21.1. The molecule has 1 aromatic rings. The fraction of sp³-hybridized carbons (Fsp3) is 0.462. The number of rotatable bonds is 4. The SMILES string of the molecule is O=C1CCC(CNS(=O)(=O)c2ccc3c(c2)OCCO3)N1. The molecule has 2 aliphatic rings. The van der Waals surface area contributed by atoms with Crippen LogP contribution >= 0.6 is 0 Å². The van der Waals surface area contributed by atoms with Crippen LogP contribution in [0.25, 0.3) is 0 Å². The molecule has 1 atom stereocenters. The van der Waals surface area contributed by atoms with Gasteiger partial charge in [0.2, 0.25) is 15.9 Å². The number of hydrogen-bond acceptors (Lipinski definition) is 5. The third-order valence-corrected chi connectivity index (χ3v) is 4.85. The van der Waals surface area contributed by atoms with Crippen LogP contribution in [0.5, 0.6) is 11.5 Å². The molecule has 1 unspecified atom stereocenters. The largest absolute Gasteiger partial charge is 0.486 e. The molecule has 2 N–H and O–H groups in total. The first-order chi connectivity index (χ1) is 10.0. The molecular formula is C13H16N2O5S. The van der Waals surface area contributed by atoms with E-state index in [9.17, 15) is 13.2 Å². The van der Waals surface area contributed by atoms with E-state index in [4.69, 9.17) is 9.47 Å². The lowest BCUT2D eigenvalue weighted by molar-refractivity contribution is -0.119. The van der Waals surface area contributed by atoms with Crippen molar-refractivity contribution < 1.29 is 22.7 Å². The smallest absolute Gasteiger partial charge is 0.240 e. The van der Waals surface area contributed by atoms with E-state index in [1.807, 2.05) is 0 Å². The molecule has 2 aliphatic heterocycles. The van der Waals surface area contributed by atoms with Gasteiger partial charge in [-0.15, -0.1) is 0 Å². The third-order valence-electron chi connectivity index (χ3n) is 3.43. The highest BCUT2D eigenvalue weighted by Gasteiger charge is 2.24. The van der Waals surface area contributed by atoms with Crippen LogP contribution in [0.15, 0.2) is 23.1 Å². The second kappa shape index (κ2) is 5.53. The van der Waals surface area contributed by atoms with Crippen molar-refractivity contribution in [2.75, 3.05) is 19.8 Å². The second-order valence-corrected chi connectivity index (χ2v) is 6.73. The van der Waals surface area contributed by atoms with Crippen molar-refractivity contribution >= 4 is 15.9 Å². The van der Waals surface area contributed by atoms with E-state index in [1.54, 1.807) is 6.07 Å². The summed E-state index contributed by atoms with van der Waals surface area (Å²) in [5.74, 6) is 0.931. The van der Waals surface area contributed by atoms with E-state index in [0.717, 1.165) is 0 Å². The molecule has 3 rings (SSSR count). The van der Waals surface area contributed by atoms with Crippen molar-refractivity contribution in [1.29, 1.82) is 0 Å². The van der Waals surface area contributed by atoms with Gasteiger partial charge in [0.1, 0.15) is 13.2 Å². The van der Waals surface area contributed by atoms with Gasteiger partial charge in [-0.3, -0.25) is 4.79 Å². The molecule has 8 heteroatoms. The Morgan fingerprint density at radius 3 is 2.71 bits per heavy atom. The minimum Gasteiger partial charge on any atom is -0.486 e. The number of benzene rings is 1. The molecule has 1 amide bonds. The molecule has 1 aromatic carbocycles. The number of nitrogens with one attached hydrogen (secondary N) is 2. The minimum absolute atomic E-state index is 0.0430. The molecule has 0 spiro atoms. The van der Waals surface area contributed by atoms with E-state index in [-0.39, 0.29) is 23.4 Å². The lowest BCUT2D eigenvalue weighted by Crippen LogP contribution is -2.38. The summed E-state index contributed by atoms with van der Waals surface area (Å²) in [6.45, 7) is 1.04. The molecule has 21 heavy (non-hydrogen) atoms. The summed E-state index contributed by atoms with van der Waals surface area (Å²) in [6.07, 6.45) is 1.08. The first-order valence-corrected chi connectivity index (χ1v) is 8.21. The lowest BCUT2D eigenvalue weighted by Gasteiger charge is -2.19. The zero-order valence-electron chi connectivity index (χ0n) is 11.3. The van der Waals surface area contributed by atoms with Gasteiger partial charge in [0, 0.05) is 25.1 Å². The second-order valence-electron chi connectivity index (χ2n) is 4.96. The topological polar surface area (TPSA) is 93.7 Å². The summed E-state index contributed by atoms with van der Waals surface area (Å²) in [7, 11) is -3.64. The molecule has 0 saturated carbocycles. The summed E-state index contributed by atoms with van der Waals surface area (Å²) in [5, 5.41) is 2.72. The standard InChI is InChI=1S/C13H16N2O5S/c16-13-4-1-9(15-13)8-14-21(17,18)10-2-3-11-12(7-10)20-6-5-19-11/h2-3,7,9,14H,1,4-6,8H2,(H,15,16). The molecule has 114 valence electrons. The highest BCUT2D eigenvalue weighted by atomic mass is 32.2. The van der Waals surface area contributed by atoms with Crippen molar-refractivity contribution in [2.24, 2.45) is 0 Å². The summed E-state index contributed by atoms with van der Waals surface area (Å²) in [6, 6.07) is 4.36. The molecule has 2 heterocycles. The molecule has 7 nitrogen and oxygen atoms in total. The summed E-state index contributed by atoms with van der Waals surface area (Å²) >= 11 is 0. The minimum atomic E-state index is -3.64. The van der Waals surface area contributed by atoms with E-state index in [1.165, 1.54) is 12.1 Å². The van der Waals surface area contributed by atoms with Gasteiger partial charge in [-0.05, 0) is 18.6 Å². The van der Waals surface area contributed by atoms with Gasteiger partial charge in [-0.1, -0.05) is 0 Å². The molecule has 0 radical (unpaired) electrons. The number of ether oxygens (including phenoxy) is 2. The maximum absolute atomic E-state index is 12.2. The van der Waals surface area contributed by atoms with Crippen LogP contribution < -0.4 is 19.5 Å². The Hall–Kier alpha value is -1.80. The number of fused-ring (bicyclic) bond motifs is 1. The van der Waals surface area contributed by atoms with E-state index >= 15 is 0 Å². The van der Waals surface area contributed by atoms with Crippen molar-refractivity contribution in [1.82, 2.24) is 10.0 Å². The number of sulfonamides is 1. The van der Waals surface area contributed by atoms with Gasteiger partial charge in [0.25, 0.3) is 0 Å². The first kappa shape index (κ1) is 14.2. The Balaban J connectivity index is 1.71. The number of carbonyl (C=O) groups excluding carboxylic acids is 1. The van der Waals surface area contributed by atoms with Crippen LogP contribution in [-0.4, -0.2) is 40.1 Å². The number of hydrogen-bond donors (Lipinski definition) is 2. The van der Waals surface area contributed by atoms with Gasteiger partial charge >= 0.3 is 0 Å². The van der Waals surface area contributed by atoms with Crippen LogP contribution in [0.3, 0.4) is 0 Å². The summed E-state index contributed by atoms with van der Waals surface area (Å²) in [4.78, 5) is 11.2. The quantitative estimate of drug-likeness (QED) is 0.817. The van der Waals surface area contributed by atoms with Gasteiger partial charge < -0.3 is 14.8 Å². The molecule has 0 aliphatic carbocycles. The Kier molecular flexibility index (Phi) is 3.73. The highest BCUT2D eigenvalue weighted by Crippen LogP contribution is 2.32. The Labute approximate surface area is 122 Å². The fourth-order valence-corrected chi connectivity index (χ4v) is 3.41. The van der Waals surface area contributed by atoms with E-state index < -0.39 is 10.0 Å². The molecular weight excluding hydrogens is 296 g/mol. The Morgan fingerprint density at radius 2 is 2.00 bits per heavy atom. The average molecular weight is 312 g/mol.